The van der Waals surface area contributed by atoms with Crippen LogP contribution in [0.4, 0.5) is 0 Å². The van der Waals surface area contributed by atoms with E-state index in [9.17, 15) is 0 Å². The molecule has 0 amide bonds. The first-order valence-electron chi connectivity index (χ1n) is 7.50. The first-order valence-corrected chi connectivity index (χ1v) is 7.88. The molecule has 0 radical (unpaired) electrons. The topological polar surface area (TPSA) is 21.3 Å². The van der Waals surface area contributed by atoms with Crippen LogP contribution >= 0.6 is 11.6 Å². The van der Waals surface area contributed by atoms with Crippen LogP contribution in [0.3, 0.4) is 0 Å². The first-order chi connectivity index (χ1) is 10.2. The van der Waals surface area contributed by atoms with E-state index in [4.69, 9.17) is 16.3 Å². The lowest BCUT2D eigenvalue weighted by Gasteiger charge is -2.17. The minimum Gasteiger partial charge on any atom is -0.456 e. The molecule has 2 rings (SSSR count). The molecule has 112 valence electrons. The van der Waals surface area contributed by atoms with Crippen molar-refractivity contribution in [2.45, 2.75) is 32.7 Å². The van der Waals surface area contributed by atoms with E-state index >= 15 is 0 Å². The minimum absolute atomic E-state index is 0.402. The number of hydrogen-bond acceptors (Lipinski definition) is 2. The van der Waals surface area contributed by atoms with Gasteiger partial charge in [-0.3, -0.25) is 0 Å². The van der Waals surface area contributed by atoms with E-state index in [1.54, 1.807) is 0 Å². The molecule has 1 N–H and O–H groups in total. The maximum Gasteiger partial charge on any atom is 0.146 e. The average molecular weight is 304 g/mol. The van der Waals surface area contributed by atoms with Crippen molar-refractivity contribution in [2.24, 2.45) is 0 Å². The van der Waals surface area contributed by atoms with E-state index in [-0.39, 0.29) is 0 Å². The number of halogens is 1. The molecule has 2 aromatic carbocycles. The molecule has 2 nitrogen and oxygen atoms in total. The van der Waals surface area contributed by atoms with Crippen molar-refractivity contribution in [2.75, 3.05) is 6.54 Å². The Hall–Kier alpha value is -1.51. The SMILES string of the molecule is CCCNC(CC)c1ccc(Oc2ccccc2Cl)cc1. The summed E-state index contributed by atoms with van der Waals surface area (Å²) in [5, 5.41) is 4.17. The van der Waals surface area contributed by atoms with Crippen LogP contribution in [0.25, 0.3) is 0 Å². The van der Waals surface area contributed by atoms with Crippen LogP contribution in [-0.2, 0) is 0 Å². The highest BCUT2D eigenvalue weighted by molar-refractivity contribution is 6.32. The predicted molar refractivity (Wildman–Crippen MR) is 89.3 cm³/mol. The zero-order valence-electron chi connectivity index (χ0n) is 12.6. The molecule has 0 aliphatic carbocycles. The number of para-hydroxylation sites is 1. The second kappa shape index (κ2) is 8.06. The quantitative estimate of drug-likeness (QED) is 0.720. The molecule has 0 aliphatic rings. The van der Waals surface area contributed by atoms with Gasteiger partial charge >= 0.3 is 0 Å². The van der Waals surface area contributed by atoms with E-state index in [1.807, 2.05) is 36.4 Å². The van der Waals surface area contributed by atoms with Crippen molar-refractivity contribution >= 4 is 11.6 Å². The fourth-order valence-corrected chi connectivity index (χ4v) is 2.41. The molecular weight excluding hydrogens is 282 g/mol. The summed E-state index contributed by atoms with van der Waals surface area (Å²) in [6.07, 6.45) is 2.22. The lowest BCUT2D eigenvalue weighted by molar-refractivity contribution is 0.480. The Balaban J connectivity index is 2.06. The predicted octanol–water partition coefficient (Wildman–Crippen LogP) is 5.58. The van der Waals surface area contributed by atoms with Gasteiger partial charge in [0.25, 0.3) is 0 Å². The van der Waals surface area contributed by atoms with Gasteiger partial charge < -0.3 is 10.1 Å². The maximum atomic E-state index is 6.10. The third kappa shape index (κ3) is 4.48. The molecule has 3 heteroatoms. The highest BCUT2D eigenvalue weighted by Crippen LogP contribution is 2.29. The summed E-state index contributed by atoms with van der Waals surface area (Å²) in [6.45, 7) is 5.41. The summed E-state index contributed by atoms with van der Waals surface area (Å²) in [5.74, 6) is 1.49. The van der Waals surface area contributed by atoms with Gasteiger partial charge in [-0.1, -0.05) is 49.7 Å². The number of benzene rings is 2. The van der Waals surface area contributed by atoms with Gasteiger partial charge in [0, 0.05) is 6.04 Å². The van der Waals surface area contributed by atoms with Crippen molar-refractivity contribution in [1.29, 1.82) is 0 Å². The number of hydrogen-bond donors (Lipinski definition) is 1. The summed E-state index contributed by atoms with van der Waals surface area (Å²) in [5.41, 5.74) is 1.29. The molecule has 0 saturated heterocycles. The van der Waals surface area contributed by atoms with Gasteiger partial charge in [-0.15, -0.1) is 0 Å². The molecular formula is C18H22ClNO. The Morgan fingerprint density at radius 2 is 1.76 bits per heavy atom. The van der Waals surface area contributed by atoms with Gasteiger partial charge in [0.2, 0.25) is 0 Å². The van der Waals surface area contributed by atoms with Crippen molar-refractivity contribution in [3.8, 4) is 11.5 Å². The smallest absolute Gasteiger partial charge is 0.146 e. The number of nitrogens with one attached hydrogen (secondary N) is 1. The molecule has 2 aromatic rings. The molecule has 0 heterocycles. The summed E-state index contributed by atoms with van der Waals surface area (Å²) in [4.78, 5) is 0. The monoisotopic (exact) mass is 303 g/mol. The van der Waals surface area contributed by atoms with Gasteiger partial charge in [0.05, 0.1) is 5.02 Å². The molecule has 0 bridgehead atoms. The highest BCUT2D eigenvalue weighted by Gasteiger charge is 2.08. The van der Waals surface area contributed by atoms with Crippen molar-refractivity contribution < 1.29 is 4.74 Å². The zero-order chi connectivity index (χ0) is 15.1. The minimum atomic E-state index is 0.402. The largest absolute Gasteiger partial charge is 0.456 e. The summed E-state index contributed by atoms with van der Waals surface area (Å²) >= 11 is 6.10. The fourth-order valence-electron chi connectivity index (χ4n) is 2.24. The van der Waals surface area contributed by atoms with E-state index < -0.39 is 0 Å². The van der Waals surface area contributed by atoms with Crippen LogP contribution in [0.15, 0.2) is 48.5 Å². The maximum absolute atomic E-state index is 6.10. The van der Waals surface area contributed by atoms with Gasteiger partial charge in [0.1, 0.15) is 11.5 Å². The van der Waals surface area contributed by atoms with E-state index in [0.717, 1.165) is 25.1 Å². The van der Waals surface area contributed by atoms with E-state index in [0.29, 0.717) is 16.8 Å². The van der Waals surface area contributed by atoms with E-state index in [1.165, 1.54) is 5.56 Å². The fraction of sp³-hybridized carbons (Fsp3) is 0.333. The van der Waals surface area contributed by atoms with Crippen LogP contribution in [0.5, 0.6) is 11.5 Å². The van der Waals surface area contributed by atoms with Crippen LogP contribution < -0.4 is 10.1 Å². The molecule has 0 aliphatic heterocycles. The molecule has 0 aromatic heterocycles. The number of rotatable bonds is 7. The standard InChI is InChI=1S/C18H22ClNO/c1-3-13-20-17(4-2)14-9-11-15(12-10-14)21-18-8-6-5-7-16(18)19/h5-12,17,20H,3-4,13H2,1-2H3. The lowest BCUT2D eigenvalue weighted by Crippen LogP contribution is -2.21. The first kappa shape index (κ1) is 15.9. The van der Waals surface area contributed by atoms with Crippen molar-refractivity contribution in [3.63, 3.8) is 0 Å². The molecule has 21 heavy (non-hydrogen) atoms. The molecule has 1 unspecified atom stereocenters. The third-order valence-electron chi connectivity index (χ3n) is 3.40. The summed E-state index contributed by atoms with van der Waals surface area (Å²) in [7, 11) is 0. The normalized spacial score (nSPS) is 12.1. The van der Waals surface area contributed by atoms with Crippen molar-refractivity contribution in [1.82, 2.24) is 5.32 Å². The van der Waals surface area contributed by atoms with Crippen LogP contribution in [-0.4, -0.2) is 6.54 Å². The Morgan fingerprint density at radius 3 is 2.38 bits per heavy atom. The Bertz CT molecular complexity index is 553. The zero-order valence-corrected chi connectivity index (χ0v) is 13.4. The van der Waals surface area contributed by atoms with Gasteiger partial charge in [-0.05, 0) is 49.2 Å². The lowest BCUT2D eigenvalue weighted by atomic mass is 10.0. The Labute approximate surface area is 132 Å². The number of ether oxygens (including phenoxy) is 1. The highest BCUT2D eigenvalue weighted by atomic mass is 35.5. The second-order valence-electron chi connectivity index (χ2n) is 5.02. The van der Waals surface area contributed by atoms with Gasteiger partial charge in [0.15, 0.2) is 0 Å². The molecule has 0 saturated carbocycles. The van der Waals surface area contributed by atoms with Gasteiger partial charge in [-0.25, -0.2) is 0 Å². The van der Waals surface area contributed by atoms with Crippen molar-refractivity contribution in [3.05, 3.63) is 59.1 Å². The molecule has 1 atom stereocenters. The van der Waals surface area contributed by atoms with Crippen LogP contribution in [0.1, 0.15) is 38.3 Å². The summed E-state index contributed by atoms with van der Waals surface area (Å²) < 4.78 is 5.81. The Kier molecular flexibility index (Phi) is 6.09. The second-order valence-corrected chi connectivity index (χ2v) is 5.42. The molecule has 0 spiro atoms. The Morgan fingerprint density at radius 1 is 1.05 bits per heavy atom. The average Bonchev–Trinajstić information content (AvgIpc) is 2.52. The molecule has 0 fully saturated rings. The third-order valence-corrected chi connectivity index (χ3v) is 3.71. The van der Waals surface area contributed by atoms with E-state index in [2.05, 4.69) is 31.3 Å². The van der Waals surface area contributed by atoms with Crippen LogP contribution in [0, 0.1) is 0 Å². The van der Waals surface area contributed by atoms with Crippen LogP contribution in [0.2, 0.25) is 5.02 Å². The summed E-state index contributed by atoms with van der Waals surface area (Å²) in [6, 6.07) is 16.1. The van der Waals surface area contributed by atoms with Gasteiger partial charge in [-0.2, -0.15) is 0 Å².